The van der Waals surface area contributed by atoms with Crippen molar-refractivity contribution in [2.24, 2.45) is 7.05 Å². The van der Waals surface area contributed by atoms with E-state index in [2.05, 4.69) is 0 Å². The van der Waals surface area contributed by atoms with Crippen molar-refractivity contribution in [1.29, 1.82) is 0 Å². The van der Waals surface area contributed by atoms with Gasteiger partial charge < -0.3 is 14.0 Å². The van der Waals surface area contributed by atoms with Crippen molar-refractivity contribution in [3.05, 3.63) is 46.4 Å². The lowest BCUT2D eigenvalue weighted by Gasteiger charge is -2.25. The molecule has 0 N–H and O–H groups in total. The lowest BCUT2D eigenvalue weighted by atomic mass is 10.0. The second-order valence-corrected chi connectivity index (χ2v) is 8.63. The number of aryl methyl sites for hydroxylation is 1. The normalized spacial score (nSPS) is 17.9. The number of aromatic nitrogens is 1. The molecule has 6 nitrogen and oxygen atoms in total. The van der Waals surface area contributed by atoms with Crippen molar-refractivity contribution in [2.45, 2.75) is 37.4 Å². The van der Waals surface area contributed by atoms with Gasteiger partial charge in [-0.3, -0.25) is 4.79 Å². The largest absolute Gasteiger partial charge is 0.464 e. The lowest BCUT2D eigenvalue weighted by Crippen LogP contribution is -2.25. The molecule has 1 atom stereocenters. The molecule has 2 heterocycles. The first kappa shape index (κ1) is 18.7. The first-order chi connectivity index (χ1) is 12.3. The molecule has 0 saturated carbocycles. The smallest absolute Gasteiger partial charge is 0.253 e. The second-order valence-electron chi connectivity index (χ2n) is 6.61. The quantitative estimate of drug-likeness (QED) is 0.819. The van der Waals surface area contributed by atoms with E-state index in [1.165, 1.54) is 10.6 Å². The van der Waals surface area contributed by atoms with Crippen LogP contribution in [0.2, 0.25) is 0 Å². The number of hydrogen-bond donors (Lipinski definition) is 0. The highest BCUT2D eigenvalue weighted by molar-refractivity contribution is 7.90. The first-order valence-electron chi connectivity index (χ1n) is 8.56. The van der Waals surface area contributed by atoms with E-state index in [9.17, 15) is 13.2 Å². The minimum atomic E-state index is -3.38. The zero-order chi connectivity index (χ0) is 18.9. The summed E-state index contributed by atoms with van der Waals surface area (Å²) in [7, 11) is -1.70. The summed E-state index contributed by atoms with van der Waals surface area (Å²) >= 11 is 0. The molecule has 1 saturated heterocycles. The lowest BCUT2D eigenvalue weighted by molar-refractivity contribution is -0.105. The van der Waals surface area contributed by atoms with E-state index >= 15 is 0 Å². The third-order valence-corrected chi connectivity index (χ3v) is 5.69. The van der Waals surface area contributed by atoms with Crippen molar-refractivity contribution < 1.29 is 17.9 Å². The molecule has 0 amide bonds. The molecule has 1 unspecified atom stereocenters. The first-order valence-corrected chi connectivity index (χ1v) is 10.5. The van der Waals surface area contributed by atoms with Crippen molar-refractivity contribution >= 4 is 9.84 Å². The Morgan fingerprint density at radius 1 is 1.19 bits per heavy atom. The van der Waals surface area contributed by atoms with E-state index < -0.39 is 9.84 Å². The zero-order valence-electron chi connectivity index (χ0n) is 15.2. The molecule has 1 fully saturated rings. The van der Waals surface area contributed by atoms with Crippen LogP contribution in [0.1, 0.15) is 24.8 Å². The highest BCUT2D eigenvalue weighted by Gasteiger charge is 2.20. The topological polar surface area (TPSA) is 74.6 Å². The van der Waals surface area contributed by atoms with Crippen LogP contribution in [0, 0.1) is 6.92 Å². The van der Waals surface area contributed by atoms with Gasteiger partial charge in [0, 0.05) is 37.0 Å². The number of ether oxygens (including phenoxy) is 2. The molecule has 3 rings (SSSR count). The maximum absolute atomic E-state index is 12.3. The zero-order valence-corrected chi connectivity index (χ0v) is 16.0. The molecule has 0 bridgehead atoms. The van der Waals surface area contributed by atoms with Crippen LogP contribution in [0.25, 0.3) is 11.1 Å². The fraction of sp³-hybridized carbons (Fsp3) is 0.421. The third-order valence-electron chi connectivity index (χ3n) is 4.58. The molecule has 2 aromatic rings. The van der Waals surface area contributed by atoms with E-state index in [0.29, 0.717) is 29.0 Å². The number of hydrogen-bond acceptors (Lipinski definition) is 5. The minimum Gasteiger partial charge on any atom is -0.464 e. The summed E-state index contributed by atoms with van der Waals surface area (Å²) in [5.74, 6) is 0.514. The van der Waals surface area contributed by atoms with Crippen LogP contribution >= 0.6 is 0 Å². The van der Waals surface area contributed by atoms with Gasteiger partial charge in [0.05, 0.1) is 11.5 Å². The predicted octanol–water partition coefficient (Wildman–Crippen LogP) is 2.67. The predicted molar refractivity (Wildman–Crippen MR) is 99.2 cm³/mol. The number of sulfone groups is 1. The summed E-state index contributed by atoms with van der Waals surface area (Å²) in [6.07, 6.45) is 5.27. The number of benzene rings is 1. The van der Waals surface area contributed by atoms with Crippen LogP contribution in [0.15, 0.2) is 40.2 Å². The van der Waals surface area contributed by atoms with Gasteiger partial charge in [-0.2, -0.15) is 0 Å². The van der Waals surface area contributed by atoms with Crippen LogP contribution in [-0.2, 0) is 21.6 Å². The monoisotopic (exact) mass is 377 g/mol. The van der Waals surface area contributed by atoms with E-state index in [1.54, 1.807) is 38.4 Å². The van der Waals surface area contributed by atoms with Gasteiger partial charge >= 0.3 is 0 Å². The van der Waals surface area contributed by atoms with Crippen molar-refractivity contribution in [1.82, 2.24) is 4.57 Å². The van der Waals surface area contributed by atoms with Crippen molar-refractivity contribution in [3.8, 4) is 16.9 Å². The Morgan fingerprint density at radius 3 is 2.62 bits per heavy atom. The Morgan fingerprint density at radius 2 is 1.96 bits per heavy atom. The Kier molecular flexibility index (Phi) is 5.20. The van der Waals surface area contributed by atoms with Gasteiger partial charge in [0.1, 0.15) is 5.75 Å². The van der Waals surface area contributed by atoms with Crippen molar-refractivity contribution in [2.75, 3.05) is 12.9 Å². The highest BCUT2D eigenvalue weighted by atomic mass is 32.2. The molecular formula is C19H23NO5S. The van der Waals surface area contributed by atoms with Gasteiger partial charge in [-0.15, -0.1) is 0 Å². The summed E-state index contributed by atoms with van der Waals surface area (Å²) in [5, 5.41) is 0. The number of rotatable bonds is 4. The van der Waals surface area contributed by atoms with Crippen LogP contribution in [0.5, 0.6) is 5.75 Å². The Balaban J connectivity index is 2.13. The molecule has 1 aromatic carbocycles. The van der Waals surface area contributed by atoms with Gasteiger partial charge in [-0.1, -0.05) is 0 Å². The second kappa shape index (κ2) is 7.25. The number of nitrogens with zero attached hydrogens (tertiary/aromatic N) is 1. The molecule has 1 aromatic heterocycles. The Hall–Kier alpha value is -2.12. The van der Waals surface area contributed by atoms with Gasteiger partial charge in [0.25, 0.3) is 5.56 Å². The fourth-order valence-electron chi connectivity index (χ4n) is 3.05. The molecular weight excluding hydrogens is 354 g/mol. The summed E-state index contributed by atoms with van der Waals surface area (Å²) in [6, 6.07) is 6.52. The fourth-order valence-corrected chi connectivity index (χ4v) is 3.70. The maximum atomic E-state index is 12.3. The third kappa shape index (κ3) is 3.83. The number of pyridine rings is 1. The molecule has 1 aliphatic rings. The van der Waals surface area contributed by atoms with E-state index in [4.69, 9.17) is 9.47 Å². The molecule has 0 spiro atoms. The molecule has 1 aliphatic heterocycles. The average molecular weight is 377 g/mol. The SMILES string of the molecule is Cc1c(-c2cc(S(C)(=O)=O)ccc2OC2CCCCO2)ccn(C)c1=O. The van der Waals surface area contributed by atoms with Gasteiger partial charge in [-0.05, 0) is 49.6 Å². The van der Waals surface area contributed by atoms with E-state index in [1.807, 2.05) is 0 Å². The molecule has 7 heteroatoms. The highest BCUT2D eigenvalue weighted by Crippen LogP contribution is 2.35. The van der Waals surface area contributed by atoms with E-state index in [-0.39, 0.29) is 16.7 Å². The van der Waals surface area contributed by atoms with Gasteiger partial charge in [-0.25, -0.2) is 8.42 Å². The van der Waals surface area contributed by atoms with Crippen LogP contribution in [0.3, 0.4) is 0 Å². The van der Waals surface area contributed by atoms with Crippen LogP contribution in [0.4, 0.5) is 0 Å². The molecule has 26 heavy (non-hydrogen) atoms. The average Bonchev–Trinajstić information content (AvgIpc) is 2.60. The molecule has 140 valence electrons. The molecule has 0 radical (unpaired) electrons. The Labute approximate surface area is 153 Å². The summed E-state index contributed by atoms with van der Waals surface area (Å²) in [6.45, 7) is 2.37. The summed E-state index contributed by atoms with van der Waals surface area (Å²) in [4.78, 5) is 12.5. The van der Waals surface area contributed by atoms with Crippen molar-refractivity contribution in [3.63, 3.8) is 0 Å². The maximum Gasteiger partial charge on any atom is 0.253 e. The standard InChI is InChI=1S/C19H23NO5S/c1-13-15(9-10-20(2)19(13)21)16-12-14(26(3,22)23)7-8-17(16)25-18-6-4-5-11-24-18/h7-10,12,18H,4-6,11H2,1-3H3. The minimum absolute atomic E-state index is 0.132. The summed E-state index contributed by atoms with van der Waals surface area (Å²) < 4.78 is 37.1. The van der Waals surface area contributed by atoms with E-state index in [0.717, 1.165) is 25.5 Å². The molecule has 0 aliphatic carbocycles. The van der Waals surface area contributed by atoms with Gasteiger partial charge in [0.2, 0.25) is 0 Å². The summed E-state index contributed by atoms with van der Waals surface area (Å²) in [5.41, 5.74) is 1.64. The van der Waals surface area contributed by atoms with Crippen LogP contribution in [-0.4, -0.2) is 32.1 Å². The Bertz CT molecular complexity index is 972. The van der Waals surface area contributed by atoms with Crippen LogP contribution < -0.4 is 10.3 Å². The van der Waals surface area contributed by atoms with Gasteiger partial charge in [0.15, 0.2) is 16.1 Å².